The molecule has 36 heavy (non-hydrogen) atoms. The first kappa shape index (κ1) is 22.4. The van der Waals surface area contributed by atoms with Crippen molar-refractivity contribution in [2.75, 3.05) is 15.6 Å². The van der Waals surface area contributed by atoms with Crippen molar-refractivity contribution in [3.63, 3.8) is 0 Å². The zero-order valence-corrected chi connectivity index (χ0v) is 19.0. The van der Waals surface area contributed by atoms with E-state index in [2.05, 4.69) is 9.47 Å². The van der Waals surface area contributed by atoms with Gasteiger partial charge < -0.3 is 14.4 Å². The van der Waals surface area contributed by atoms with Crippen molar-refractivity contribution in [1.82, 2.24) is 0 Å². The lowest BCUT2D eigenvalue weighted by Crippen LogP contribution is -2.54. The van der Waals surface area contributed by atoms with Crippen LogP contribution in [-0.2, 0) is 30.8 Å². The summed E-state index contributed by atoms with van der Waals surface area (Å²) in [5.74, 6) is -4.10. The third-order valence-electron chi connectivity index (χ3n) is 6.30. The molecule has 3 heterocycles. The van der Waals surface area contributed by atoms with Gasteiger partial charge in [-0.05, 0) is 35.9 Å². The number of sulfone groups is 1. The summed E-state index contributed by atoms with van der Waals surface area (Å²) in [6.45, 7) is -0.166. The Balaban J connectivity index is 1.53. The van der Waals surface area contributed by atoms with Crippen molar-refractivity contribution in [2.45, 2.75) is 17.7 Å². The summed E-state index contributed by atoms with van der Waals surface area (Å²) in [4.78, 5) is 26.7. The average molecular weight is 516 g/mol. The standard InChI is InChI=1S/C24H15F3N2O6S/c25-15-5-3-4-14(10-15)12-28-18-7-2-1-6-17(18)23(22(28)31)29(21(30)13-36(23,32)33)16-8-9-19-20(11-16)35-24(26,27)34-19/h1-11H,12-13H2. The van der Waals surface area contributed by atoms with E-state index in [-0.39, 0.29) is 29.2 Å². The largest absolute Gasteiger partial charge is 0.586 e. The second-order valence-corrected chi connectivity index (χ2v) is 10.6. The van der Waals surface area contributed by atoms with E-state index in [4.69, 9.17) is 0 Å². The van der Waals surface area contributed by atoms with Crippen molar-refractivity contribution in [3.8, 4) is 11.5 Å². The Bertz CT molecular complexity index is 1580. The van der Waals surface area contributed by atoms with Crippen LogP contribution in [-0.4, -0.2) is 32.3 Å². The Kier molecular flexibility index (Phi) is 4.50. The molecular formula is C24H15F3N2O6S. The van der Waals surface area contributed by atoms with Crippen LogP contribution in [0.3, 0.4) is 0 Å². The molecule has 6 rings (SSSR count). The molecule has 3 aliphatic rings. The van der Waals surface area contributed by atoms with Gasteiger partial charge in [0.1, 0.15) is 11.6 Å². The number of amides is 2. The number of ether oxygens (including phenoxy) is 2. The van der Waals surface area contributed by atoms with Crippen LogP contribution in [0.5, 0.6) is 11.5 Å². The minimum absolute atomic E-state index is 0.0280. The summed E-state index contributed by atoms with van der Waals surface area (Å²) >= 11 is 0. The molecular weight excluding hydrogens is 501 g/mol. The van der Waals surface area contributed by atoms with Crippen LogP contribution in [0, 0.1) is 5.82 Å². The van der Waals surface area contributed by atoms with Gasteiger partial charge in [0.25, 0.3) is 10.8 Å². The molecule has 1 saturated heterocycles. The maximum atomic E-state index is 14.0. The van der Waals surface area contributed by atoms with Gasteiger partial charge in [-0.2, -0.15) is 0 Å². The molecule has 0 bridgehead atoms. The maximum Gasteiger partial charge on any atom is 0.586 e. The highest BCUT2D eigenvalue weighted by Gasteiger charge is 2.69. The Morgan fingerprint density at radius 1 is 0.917 bits per heavy atom. The molecule has 0 aromatic heterocycles. The second kappa shape index (κ2) is 7.23. The van der Waals surface area contributed by atoms with E-state index in [0.29, 0.717) is 5.56 Å². The van der Waals surface area contributed by atoms with E-state index in [9.17, 15) is 31.2 Å². The maximum absolute atomic E-state index is 14.0. The van der Waals surface area contributed by atoms with Gasteiger partial charge in [-0.15, -0.1) is 8.78 Å². The van der Waals surface area contributed by atoms with Gasteiger partial charge >= 0.3 is 6.29 Å². The lowest BCUT2D eigenvalue weighted by atomic mass is 10.0. The number of carbonyl (C=O) groups excluding carboxylic acids is 2. The highest BCUT2D eigenvalue weighted by atomic mass is 32.2. The minimum Gasteiger partial charge on any atom is -0.395 e. The summed E-state index contributed by atoms with van der Waals surface area (Å²) < 4.78 is 77.0. The first-order chi connectivity index (χ1) is 17.0. The first-order valence-electron chi connectivity index (χ1n) is 10.6. The van der Waals surface area contributed by atoms with Crippen LogP contribution in [0.1, 0.15) is 11.1 Å². The number of carbonyl (C=O) groups is 2. The fourth-order valence-corrected chi connectivity index (χ4v) is 6.98. The van der Waals surface area contributed by atoms with Gasteiger partial charge in [0.15, 0.2) is 21.3 Å². The lowest BCUT2D eigenvalue weighted by molar-refractivity contribution is -0.286. The van der Waals surface area contributed by atoms with Crippen molar-refractivity contribution in [1.29, 1.82) is 0 Å². The third-order valence-corrected chi connectivity index (χ3v) is 8.40. The predicted octanol–water partition coefficient (Wildman–Crippen LogP) is 3.31. The summed E-state index contributed by atoms with van der Waals surface area (Å²) in [5.41, 5.74) is 0.508. The molecule has 3 aromatic rings. The Morgan fingerprint density at radius 2 is 1.67 bits per heavy atom. The van der Waals surface area contributed by atoms with Crippen molar-refractivity contribution in [3.05, 3.63) is 83.7 Å². The topological polar surface area (TPSA) is 93.2 Å². The first-order valence-corrected chi connectivity index (χ1v) is 12.3. The number of hydrogen-bond donors (Lipinski definition) is 0. The summed E-state index contributed by atoms with van der Waals surface area (Å²) in [6.07, 6.45) is -3.93. The molecule has 1 unspecified atom stereocenters. The molecule has 2 amide bonds. The fraction of sp³-hybridized carbons (Fsp3) is 0.167. The zero-order valence-electron chi connectivity index (χ0n) is 18.2. The summed E-state index contributed by atoms with van der Waals surface area (Å²) in [5, 5.41) is 0. The number of rotatable bonds is 3. The molecule has 3 aliphatic heterocycles. The van der Waals surface area contributed by atoms with Gasteiger partial charge in [-0.1, -0.05) is 30.3 Å². The number of alkyl halides is 2. The summed E-state index contributed by atoms with van der Waals surface area (Å²) in [6, 6.07) is 14.9. The number of hydrogen-bond acceptors (Lipinski definition) is 6. The fourth-order valence-electron chi connectivity index (χ4n) is 4.94. The molecule has 1 spiro atoms. The molecule has 3 aromatic carbocycles. The molecule has 1 atom stereocenters. The van der Waals surface area contributed by atoms with Crippen LogP contribution in [0.15, 0.2) is 66.7 Å². The van der Waals surface area contributed by atoms with E-state index >= 15 is 0 Å². The number of halogens is 3. The molecule has 0 saturated carbocycles. The molecule has 0 radical (unpaired) electrons. The van der Waals surface area contributed by atoms with Crippen LogP contribution in [0.2, 0.25) is 0 Å². The van der Waals surface area contributed by atoms with Gasteiger partial charge in [0.05, 0.1) is 17.9 Å². The number of benzene rings is 3. The van der Waals surface area contributed by atoms with Crippen molar-refractivity contribution >= 4 is 33.0 Å². The SMILES string of the molecule is O=C1CS(=O)(=O)C2(C(=O)N(Cc3cccc(F)c3)c3ccccc32)N1c1ccc2c(c1)OC(F)(F)O2. The molecule has 0 aliphatic carbocycles. The van der Waals surface area contributed by atoms with Gasteiger partial charge in [0, 0.05) is 11.6 Å². The van der Waals surface area contributed by atoms with Crippen molar-refractivity contribution in [2.24, 2.45) is 0 Å². The Morgan fingerprint density at radius 3 is 2.44 bits per heavy atom. The highest BCUT2D eigenvalue weighted by Crippen LogP contribution is 2.54. The van der Waals surface area contributed by atoms with Crippen LogP contribution in [0.4, 0.5) is 24.5 Å². The van der Waals surface area contributed by atoms with E-state index < -0.39 is 50.1 Å². The Labute approximate surface area is 202 Å². The predicted molar refractivity (Wildman–Crippen MR) is 120 cm³/mol. The molecule has 12 heteroatoms. The molecule has 8 nitrogen and oxygen atoms in total. The monoisotopic (exact) mass is 516 g/mol. The minimum atomic E-state index is -4.47. The quantitative estimate of drug-likeness (QED) is 0.531. The number of para-hydroxylation sites is 1. The number of anilines is 2. The van der Waals surface area contributed by atoms with Gasteiger partial charge in [0.2, 0.25) is 5.91 Å². The highest BCUT2D eigenvalue weighted by molar-refractivity contribution is 7.94. The lowest BCUT2D eigenvalue weighted by Gasteiger charge is -2.32. The second-order valence-electron chi connectivity index (χ2n) is 8.47. The van der Waals surface area contributed by atoms with E-state index in [0.717, 1.165) is 17.0 Å². The smallest absolute Gasteiger partial charge is 0.395 e. The van der Waals surface area contributed by atoms with Crippen LogP contribution < -0.4 is 19.3 Å². The van der Waals surface area contributed by atoms with Crippen LogP contribution in [0.25, 0.3) is 0 Å². The summed E-state index contributed by atoms with van der Waals surface area (Å²) in [7, 11) is -4.47. The molecule has 1 fully saturated rings. The normalized spacial score (nSPS) is 23.0. The average Bonchev–Trinajstić information content (AvgIpc) is 3.33. The van der Waals surface area contributed by atoms with Crippen LogP contribution >= 0.6 is 0 Å². The molecule has 0 N–H and O–H groups in total. The van der Waals surface area contributed by atoms with E-state index in [1.165, 1.54) is 47.4 Å². The third kappa shape index (κ3) is 2.97. The molecule has 184 valence electrons. The number of nitrogens with zero attached hydrogens (tertiary/aromatic N) is 2. The van der Waals surface area contributed by atoms with Gasteiger partial charge in [-0.25, -0.2) is 12.8 Å². The van der Waals surface area contributed by atoms with E-state index in [1.807, 2.05) is 0 Å². The number of fused-ring (bicyclic) bond motifs is 3. The van der Waals surface area contributed by atoms with Crippen molar-refractivity contribution < 1.29 is 40.7 Å². The van der Waals surface area contributed by atoms with Gasteiger partial charge in [-0.3, -0.25) is 14.5 Å². The Hall–Kier alpha value is -4.06. The zero-order chi connectivity index (χ0) is 25.5. The van der Waals surface area contributed by atoms with E-state index in [1.54, 1.807) is 12.1 Å².